The molecule has 1 aliphatic heterocycles. The van der Waals surface area contributed by atoms with Gasteiger partial charge in [0.05, 0.1) is 30.3 Å². The van der Waals surface area contributed by atoms with Crippen molar-refractivity contribution in [2.24, 2.45) is 40.4 Å². The van der Waals surface area contributed by atoms with Gasteiger partial charge in [-0.1, -0.05) is 27.7 Å². The molecule has 0 aromatic heterocycles. The molecule has 1 saturated heterocycles. The zero-order valence-electron chi connectivity index (χ0n) is 23.6. The molecular weight excluding hydrogens is 474 g/mol. The Balaban J connectivity index is 1.60. The summed E-state index contributed by atoms with van der Waals surface area (Å²) in [5, 5.41) is 26.1. The van der Waals surface area contributed by atoms with E-state index in [1.165, 1.54) is 0 Å². The van der Waals surface area contributed by atoms with Crippen LogP contribution >= 0.6 is 0 Å². The van der Waals surface area contributed by atoms with Crippen molar-refractivity contribution < 1.29 is 34.0 Å². The minimum Gasteiger partial charge on any atom is -0.461 e. The van der Waals surface area contributed by atoms with E-state index in [0.29, 0.717) is 12.8 Å². The molecule has 0 aromatic carbocycles. The Morgan fingerprint density at radius 1 is 1.14 bits per heavy atom. The van der Waals surface area contributed by atoms with Crippen molar-refractivity contribution in [2.75, 3.05) is 34.4 Å². The first-order valence-corrected chi connectivity index (χ1v) is 14.5. The molecule has 6 rings (SSSR count). The zero-order chi connectivity index (χ0) is 26.7. The van der Waals surface area contributed by atoms with Crippen LogP contribution in [0.1, 0.15) is 59.8 Å². The number of esters is 1. The Morgan fingerprint density at radius 3 is 2.46 bits per heavy atom. The third kappa shape index (κ3) is 2.78. The maximum Gasteiger partial charge on any atom is 0.308 e. The van der Waals surface area contributed by atoms with Crippen molar-refractivity contribution in [3.63, 3.8) is 0 Å². The third-order valence-electron chi connectivity index (χ3n) is 12.5. The molecule has 8 heteroatoms. The minimum absolute atomic E-state index is 0.0201. The van der Waals surface area contributed by atoms with Crippen LogP contribution in [0, 0.1) is 40.4 Å². The number of carbonyl (C=O) groups excluding carboxylic acids is 1. The molecule has 1 spiro atoms. The Morgan fingerprint density at radius 2 is 1.86 bits per heavy atom. The number of methoxy groups -OCH3 is 3. The van der Waals surface area contributed by atoms with Crippen molar-refractivity contribution in [1.29, 1.82) is 0 Å². The summed E-state index contributed by atoms with van der Waals surface area (Å²) >= 11 is 0. The summed E-state index contributed by atoms with van der Waals surface area (Å²) in [7, 11) is 5.16. The second-order valence-corrected chi connectivity index (χ2v) is 13.5. The Bertz CT molecular complexity index is 947. The summed E-state index contributed by atoms with van der Waals surface area (Å²) in [6.45, 7) is 10.0. The van der Waals surface area contributed by atoms with Gasteiger partial charge in [-0.15, -0.1) is 0 Å². The summed E-state index contributed by atoms with van der Waals surface area (Å²) in [5.41, 5.74) is -3.56. The average molecular weight is 522 g/mol. The Labute approximate surface area is 221 Å². The van der Waals surface area contributed by atoms with Crippen LogP contribution in [0.3, 0.4) is 0 Å². The number of piperidine rings is 1. The van der Waals surface area contributed by atoms with Gasteiger partial charge in [0.25, 0.3) is 0 Å². The first-order valence-electron chi connectivity index (χ1n) is 14.5. The molecule has 6 aliphatic rings. The average Bonchev–Trinajstić information content (AvgIpc) is 3.28. The maximum atomic E-state index is 13.2. The quantitative estimate of drug-likeness (QED) is 0.493. The molecule has 5 saturated carbocycles. The van der Waals surface area contributed by atoms with Crippen LogP contribution in [-0.4, -0.2) is 97.2 Å². The van der Waals surface area contributed by atoms with E-state index in [0.717, 1.165) is 32.4 Å². The summed E-state index contributed by atoms with van der Waals surface area (Å²) < 4.78 is 25.0. The van der Waals surface area contributed by atoms with Crippen LogP contribution in [0.5, 0.6) is 0 Å². The highest BCUT2D eigenvalue weighted by atomic mass is 16.6. The predicted molar refractivity (Wildman–Crippen MR) is 136 cm³/mol. The molecule has 37 heavy (non-hydrogen) atoms. The molecule has 7 bridgehead atoms. The Kier molecular flexibility index (Phi) is 5.98. The first kappa shape index (κ1) is 26.5. The van der Waals surface area contributed by atoms with Gasteiger partial charge >= 0.3 is 5.97 Å². The molecule has 5 aliphatic carbocycles. The number of aliphatic hydroxyl groups is 2. The van der Waals surface area contributed by atoms with Crippen molar-refractivity contribution in [3.05, 3.63) is 0 Å². The second kappa shape index (κ2) is 8.37. The highest BCUT2D eigenvalue weighted by Gasteiger charge is 2.91. The number of nitrogens with zero attached hydrogens (tertiary/aromatic N) is 1. The molecule has 210 valence electrons. The summed E-state index contributed by atoms with van der Waals surface area (Å²) in [6.07, 6.45) is 2.27. The number of hydrogen-bond donors (Lipinski definition) is 2. The topological polar surface area (TPSA) is 97.7 Å². The van der Waals surface area contributed by atoms with Gasteiger partial charge in [-0.25, -0.2) is 0 Å². The molecule has 8 nitrogen and oxygen atoms in total. The SMILES string of the molecule is CC[C@@H](C)C(=O)O[C@H]1[C@@H]2C[C@@H]3[C@H]1[C@](O)(C[C@@H]2OC)[C@@]1(O)[C@@H](OC)[C@@H]2[C@@]4(C)CC[C@H](OC)[C@@]32[C@@H]1N(CC)C4. The number of rotatable bonds is 7. The molecule has 0 unspecified atom stereocenters. The smallest absolute Gasteiger partial charge is 0.308 e. The van der Waals surface area contributed by atoms with E-state index in [-0.39, 0.29) is 53.3 Å². The third-order valence-corrected chi connectivity index (χ3v) is 12.5. The Hall–Kier alpha value is -0.770. The van der Waals surface area contributed by atoms with Crippen LogP contribution in [0.25, 0.3) is 0 Å². The van der Waals surface area contributed by atoms with E-state index >= 15 is 0 Å². The van der Waals surface area contributed by atoms with Crippen molar-refractivity contribution in [3.8, 4) is 0 Å². The monoisotopic (exact) mass is 521 g/mol. The lowest BCUT2D eigenvalue weighted by Crippen LogP contribution is -2.81. The second-order valence-electron chi connectivity index (χ2n) is 13.5. The van der Waals surface area contributed by atoms with E-state index in [1.807, 2.05) is 13.8 Å². The van der Waals surface area contributed by atoms with E-state index in [2.05, 4.69) is 18.7 Å². The number of carbonyl (C=O) groups is 1. The van der Waals surface area contributed by atoms with Gasteiger partial charge in [0.2, 0.25) is 0 Å². The molecule has 6 fully saturated rings. The minimum atomic E-state index is -1.55. The molecule has 0 radical (unpaired) electrons. The van der Waals surface area contributed by atoms with Gasteiger partial charge < -0.3 is 29.2 Å². The highest BCUT2D eigenvalue weighted by Crippen LogP contribution is 2.80. The fourth-order valence-corrected chi connectivity index (χ4v) is 11.3. The van der Waals surface area contributed by atoms with E-state index in [4.69, 9.17) is 18.9 Å². The standard InChI is InChI=1S/C29H47NO7/c1-8-15(3)24(31)37-21-16-12-17-20(21)27(32,13-18(16)34-5)29(33)23(36-7)22-26(4)11-10-19(35-6)28(17,22)25(29)30(9-2)14-26/h15-23,25,32-33H,8-14H2,1-7H3/t15-,16-,17-,18+,19+,20-,21+,22-,23+,25+,26+,27-,28+,29-/m1/s1. The normalized spacial score (nSPS) is 56.3. The van der Waals surface area contributed by atoms with Crippen molar-refractivity contribution in [1.82, 2.24) is 4.90 Å². The molecule has 0 aromatic rings. The summed E-state index contributed by atoms with van der Waals surface area (Å²) in [4.78, 5) is 15.6. The largest absolute Gasteiger partial charge is 0.461 e. The van der Waals surface area contributed by atoms with Crippen LogP contribution in [0.2, 0.25) is 0 Å². The van der Waals surface area contributed by atoms with Gasteiger partial charge in [0, 0.05) is 57.5 Å². The summed E-state index contributed by atoms with van der Waals surface area (Å²) in [6, 6.07) is -0.301. The number of likely N-dealkylation sites (tertiary alicyclic amines) is 1. The summed E-state index contributed by atoms with van der Waals surface area (Å²) in [5.74, 6) is -0.805. The van der Waals surface area contributed by atoms with Gasteiger partial charge in [-0.05, 0) is 43.6 Å². The fourth-order valence-electron chi connectivity index (χ4n) is 11.3. The molecular formula is C29H47NO7. The predicted octanol–water partition coefficient (Wildman–Crippen LogP) is 2.24. The number of ether oxygens (including phenoxy) is 4. The van der Waals surface area contributed by atoms with Crippen LogP contribution in [0.4, 0.5) is 0 Å². The van der Waals surface area contributed by atoms with Crippen LogP contribution in [0.15, 0.2) is 0 Å². The number of hydrogen-bond acceptors (Lipinski definition) is 8. The maximum absolute atomic E-state index is 13.2. The molecule has 1 heterocycles. The highest BCUT2D eigenvalue weighted by molar-refractivity contribution is 5.72. The van der Waals surface area contributed by atoms with Gasteiger partial charge in [-0.2, -0.15) is 0 Å². The zero-order valence-corrected chi connectivity index (χ0v) is 23.6. The van der Waals surface area contributed by atoms with Crippen LogP contribution < -0.4 is 0 Å². The lowest BCUT2D eigenvalue weighted by molar-refractivity contribution is -0.318. The van der Waals surface area contributed by atoms with Crippen molar-refractivity contribution >= 4 is 5.97 Å². The van der Waals surface area contributed by atoms with Gasteiger partial charge in [0.1, 0.15) is 17.3 Å². The van der Waals surface area contributed by atoms with Crippen LogP contribution in [-0.2, 0) is 23.7 Å². The van der Waals surface area contributed by atoms with Gasteiger partial charge in [-0.3, -0.25) is 9.69 Å². The number of likely N-dealkylation sites (N-methyl/N-ethyl adjacent to an activating group) is 1. The molecule has 2 N–H and O–H groups in total. The lowest BCUT2D eigenvalue weighted by atomic mass is 9.43. The van der Waals surface area contributed by atoms with Crippen molar-refractivity contribution in [2.45, 2.75) is 101 Å². The van der Waals surface area contributed by atoms with E-state index < -0.39 is 34.7 Å². The molecule has 0 amide bonds. The van der Waals surface area contributed by atoms with E-state index in [1.54, 1.807) is 21.3 Å². The first-order chi connectivity index (χ1) is 17.5. The van der Waals surface area contributed by atoms with Gasteiger partial charge in [0.15, 0.2) is 0 Å². The van der Waals surface area contributed by atoms with E-state index in [9.17, 15) is 15.0 Å². The number of fused-ring (bicyclic) bond motifs is 2. The molecule has 14 atom stereocenters. The fraction of sp³-hybridized carbons (Fsp3) is 0.966. The lowest BCUT2D eigenvalue weighted by Gasteiger charge is -2.69.